The first-order chi connectivity index (χ1) is 6.88. The molecule has 1 N–H and O–H groups in total. The van der Waals surface area contributed by atoms with Crippen LogP contribution in [-0.2, 0) is 12.7 Å². The summed E-state index contributed by atoms with van der Waals surface area (Å²) in [6, 6.07) is 0. The molecule has 1 aromatic heterocycles. The average molecular weight is 223 g/mol. The molecule has 0 fully saturated rings. The van der Waals surface area contributed by atoms with Crippen molar-refractivity contribution in [2.45, 2.75) is 26.1 Å². The number of aromatic nitrogens is 3. The summed E-state index contributed by atoms with van der Waals surface area (Å²) < 4.78 is 37.9. The third-order valence-electron chi connectivity index (χ3n) is 1.64. The van der Waals surface area contributed by atoms with Crippen LogP contribution in [-0.4, -0.2) is 26.1 Å². The zero-order chi connectivity index (χ0) is 11.6. The molecule has 0 saturated heterocycles. The van der Waals surface area contributed by atoms with Crippen molar-refractivity contribution in [2.24, 2.45) is 0 Å². The van der Waals surface area contributed by atoms with Crippen LogP contribution in [0.4, 0.5) is 13.2 Å². The van der Waals surface area contributed by atoms with Gasteiger partial charge in [-0.1, -0.05) is 12.1 Å². The lowest BCUT2D eigenvalue weighted by molar-refractivity contribution is -0.144. The second kappa shape index (κ2) is 3.87. The van der Waals surface area contributed by atoms with Gasteiger partial charge in [-0.2, -0.15) is 13.2 Å². The van der Waals surface area contributed by atoms with Gasteiger partial charge in [0.2, 0.25) is 5.69 Å². The molecule has 0 aliphatic rings. The lowest BCUT2D eigenvalue weighted by Gasteiger charge is -2.08. The second-order valence-electron chi connectivity index (χ2n) is 2.81. The van der Waals surface area contributed by atoms with Gasteiger partial charge < -0.3 is 5.11 Å². The number of aromatic carboxylic acids is 1. The Morgan fingerprint density at radius 3 is 2.53 bits per heavy atom. The Hall–Kier alpha value is -1.60. The van der Waals surface area contributed by atoms with E-state index in [2.05, 4.69) is 10.3 Å². The molecule has 0 spiro atoms. The number of aryl methyl sites for hydroxylation is 1. The predicted molar refractivity (Wildman–Crippen MR) is 42.3 cm³/mol. The van der Waals surface area contributed by atoms with Crippen molar-refractivity contribution < 1.29 is 23.1 Å². The molecule has 0 aliphatic carbocycles. The molecule has 8 heteroatoms. The van der Waals surface area contributed by atoms with Crippen LogP contribution in [0.3, 0.4) is 0 Å². The van der Waals surface area contributed by atoms with Gasteiger partial charge in [-0.05, 0) is 6.42 Å². The number of carbonyl (C=O) groups is 1. The molecule has 0 atom stereocenters. The summed E-state index contributed by atoms with van der Waals surface area (Å²) in [5.74, 6) is -1.73. The molecule has 0 unspecified atom stereocenters. The molecule has 0 bridgehead atoms. The Morgan fingerprint density at radius 2 is 2.13 bits per heavy atom. The number of nitrogens with zero attached hydrogens (tertiary/aromatic N) is 3. The summed E-state index contributed by atoms with van der Waals surface area (Å²) in [4.78, 5) is 10.5. The molecule has 15 heavy (non-hydrogen) atoms. The molecular formula is C7H8F3N3O2. The maximum Gasteiger partial charge on any atom is 0.435 e. The smallest absolute Gasteiger partial charge is 0.435 e. The first-order valence-electron chi connectivity index (χ1n) is 4.12. The lowest BCUT2D eigenvalue weighted by Crippen LogP contribution is -2.18. The standard InChI is InChI=1S/C7H8F3N3O2/c1-2-3-13-5(7(8,9)10)4(6(14)15)11-12-13/h2-3H2,1H3,(H,14,15). The van der Waals surface area contributed by atoms with E-state index in [1.54, 1.807) is 6.92 Å². The fraction of sp³-hybridized carbons (Fsp3) is 0.571. The zero-order valence-electron chi connectivity index (χ0n) is 7.75. The van der Waals surface area contributed by atoms with Crippen LogP contribution in [0.15, 0.2) is 0 Å². The quantitative estimate of drug-likeness (QED) is 0.841. The number of halogens is 3. The van der Waals surface area contributed by atoms with Crippen LogP contribution in [0.2, 0.25) is 0 Å². The fourth-order valence-electron chi connectivity index (χ4n) is 1.11. The summed E-state index contributed by atoms with van der Waals surface area (Å²) >= 11 is 0. The number of alkyl halides is 3. The van der Waals surface area contributed by atoms with E-state index in [0.29, 0.717) is 11.1 Å². The predicted octanol–water partition coefficient (Wildman–Crippen LogP) is 1.41. The SMILES string of the molecule is CCCn1nnc(C(=O)O)c1C(F)(F)F. The highest BCUT2D eigenvalue weighted by molar-refractivity contribution is 5.86. The van der Waals surface area contributed by atoms with E-state index in [4.69, 9.17) is 5.11 Å². The van der Waals surface area contributed by atoms with Crippen LogP contribution in [0.5, 0.6) is 0 Å². The topological polar surface area (TPSA) is 68.0 Å². The highest BCUT2D eigenvalue weighted by Crippen LogP contribution is 2.31. The first-order valence-corrected chi connectivity index (χ1v) is 4.12. The summed E-state index contributed by atoms with van der Waals surface area (Å²) in [6.07, 6.45) is -4.35. The maximum absolute atomic E-state index is 12.5. The molecule has 0 aliphatic heterocycles. The van der Waals surface area contributed by atoms with E-state index in [9.17, 15) is 18.0 Å². The highest BCUT2D eigenvalue weighted by Gasteiger charge is 2.41. The largest absolute Gasteiger partial charge is 0.476 e. The number of carboxylic acids is 1. The number of rotatable bonds is 3. The number of carboxylic acid groups (broad SMARTS) is 1. The third-order valence-corrected chi connectivity index (χ3v) is 1.64. The molecular weight excluding hydrogens is 215 g/mol. The third kappa shape index (κ3) is 2.25. The van der Waals surface area contributed by atoms with Crippen LogP contribution in [0.1, 0.15) is 29.5 Å². The minimum absolute atomic E-state index is 0.0187. The van der Waals surface area contributed by atoms with Crippen molar-refractivity contribution in [1.82, 2.24) is 15.0 Å². The fourth-order valence-corrected chi connectivity index (χ4v) is 1.11. The first kappa shape index (κ1) is 11.5. The maximum atomic E-state index is 12.5. The van der Waals surface area contributed by atoms with Crippen LogP contribution < -0.4 is 0 Å². The van der Waals surface area contributed by atoms with Gasteiger partial charge in [0.05, 0.1) is 0 Å². The van der Waals surface area contributed by atoms with Crippen molar-refractivity contribution in [3.8, 4) is 0 Å². The zero-order valence-corrected chi connectivity index (χ0v) is 7.75. The van der Waals surface area contributed by atoms with Crippen LogP contribution in [0, 0.1) is 0 Å². The van der Waals surface area contributed by atoms with Crippen molar-refractivity contribution >= 4 is 5.97 Å². The molecule has 5 nitrogen and oxygen atoms in total. The van der Waals surface area contributed by atoms with Gasteiger partial charge in [-0.3, -0.25) is 0 Å². The number of hydrogen-bond donors (Lipinski definition) is 1. The lowest BCUT2D eigenvalue weighted by atomic mass is 10.3. The minimum atomic E-state index is -4.76. The highest BCUT2D eigenvalue weighted by atomic mass is 19.4. The van der Waals surface area contributed by atoms with E-state index in [1.807, 2.05) is 0 Å². The Labute approximate surface area is 82.5 Å². The van der Waals surface area contributed by atoms with Crippen LogP contribution in [0.25, 0.3) is 0 Å². The van der Waals surface area contributed by atoms with Gasteiger partial charge in [0.1, 0.15) is 0 Å². The van der Waals surface area contributed by atoms with E-state index in [1.165, 1.54) is 0 Å². The van der Waals surface area contributed by atoms with Gasteiger partial charge in [0.15, 0.2) is 5.69 Å². The molecule has 84 valence electrons. The van der Waals surface area contributed by atoms with Crippen molar-refractivity contribution in [1.29, 1.82) is 0 Å². The number of hydrogen-bond acceptors (Lipinski definition) is 3. The molecule has 1 heterocycles. The minimum Gasteiger partial charge on any atom is -0.476 e. The van der Waals surface area contributed by atoms with Gasteiger partial charge >= 0.3 is 12.1 Å². The Kier molecular flexibility index (Phi) is 2.96. The monoisotopic (exact) mass is 223 g/mol. The van der Waals surface area contributed by atoms with Gasteiger partial charge in [0.25, 0.3) is 0 Å². The molecule has 0 aromatic carbocycles. The van der Waals surface area contributed by atoms with Crippen molar-refractivity contribution in [3.05, 3.63) is 11.4 Å². The molecule has 0 amide bonds. The van der Waals surface area contributed by atoms with Gasteiger partial charge in [-0.25, -0.2) is 9.48 Å². The van der Waals surface area contributed by atoms with Crippen molar-refractivity contribution in [2.75, 3.05) is 0 Å². The molecule has 0 radical (unpaired) electrons. The molecule has 1 aromatic rings. The van der Waals surface area contributed by atoms with Crippen molar-refractivity contribution in [3.63, 3.8) is 0 Å². The second-order valence-corrected chi connectivity index (χ2v) is 2.81. The summed E-state index contributed by atoms with van der Waals surface area (Å²) in [6.45, 7) is 1.64. The summed E-state index contributed by atoms with van der Waals surface area (Å²) in [5, 5.41) is 14.6. The Balaban J connectivity index is 3.27. The molecule has 0 saturated carbocycles. The Morgan fingerprint density at radius 1 is 1.53 bits per heavy atom. The van der Waals surface area contributed by atoms with E-state index < -0.39 is 23.5 Å². The van der Waals surface area contributed by atoms with Gasteiger partial charge in [-0.15, -0.1) is 5.10 Å². The summed E-state index contributed by atoms with van der Waals surface area (Å²) in [7, 11) is 0. The normalized spacial score (nSPS) is 11.7. The van der Waals surface area contributed by atoms with E-state index >= 15 is 0 Å². The average Bonchev–Trinajstić information content (AvgIpc) is 2.47. The summed E-state index contributed by atoms with van der Waals surface area (Å²) in [5.41, 5.74) is -2.37. The van der Waals surface area contributed by atoms with Gasteiger partial charge in [0, 0.05) is 6.54 Å². The Bertz CT molecular complexity index is 372. The van der Waals surface area contributed by atoms with E-state index in [0.717, 1.165) is 0 Å². The van der Waals surface area contributed by atoms with Crippen LogP contribution >= 0.6 is 0 Å². The van der Waals surface area contributed by atoms with E-state index in [-0.39, 0.29) is 6.54 Å². The molecule has 1 rings (SSSR count).